The van der Waals surface area contributed by atoms with E-state index in [1.165, 1.54) is 0 Å². The fourth-order valence-electron chi connectivity index (χ4n) is 12.6. The summed E-state index contributed by atoms with van der Waals surface area (Å²) in [5.41, 5.74) is 4.19. The molecule has 6 heterocycles. The number of unbranched alkanes of at least 4 members (excludes halogenated alkanes) is 2. The molecule has 4 aromatic carbocycles. The van der Waals surface area contributed by atoms with Crippen molar-refractivity contribution in [2.24, 2.45) is 30.0 Å². The summed E-state index contributed by atoms with van der Waals surface area (Å²) in [5, 5.41) is 18.4. The topological polar surface area (TPSA) is 307 Å². The van der Waals surface area contributed by atoms with Crippen molar-refractivity contribution in [2.45, 2.75) is 122 Å². The van der Waals surface area contributed by atoms with Gasteiger partial charge in [-0.05, 0) is 70.4 Å². The quantitative estimate of drug-likeness (QED) is 0.0115. The summed E-state index contributed by atoms with van der Waals surface area (Å²) in [6.45, 7) is 13.1. The zero-order valence-corrected chi connectivity index (χ0v) is 56.3. The summed E-state index contributed by atoms with van der Waals surface area (Å²) < 4.78 is 87.4. The lowest BCUT2D eigenvalue weighted by Gasteiger charge is -2.43. The number of benzene rings is 4. The summed E-state index contributed by atoms with van der Waals surface area (Å²) in [4.78, 5) is 71.1. The summed E-state index contributed by atoms with van der Waals surface area (Å²) in [6, 6.07) is 32.9. The van der Waals surface area contributed by atoms with Gasteiger partial charge in [0.25, 0.3) is 20.2 Å². The van der Waals surface area contributed by atoms with E-state index in [2.05, 4.69) is 45.3 Å². The Hall–Kier alpha value is -7.00. The van der Waals surface area contributed by atoms with Gasteiger partial charge in [0.15, 0.2) is 40.0 Å². The van der Waals surface area contributed by atoms with E-state index in [0.717, 1.165) is 56.6 Å². The number of aromatic nitrogens is 2. The second-order valence-electron chi connectivity index (χ2n) is 24.9. The zero-order valence-electron chi connectivity index (χ0n) is 51.7. The summed E-state index contributed by atoms with van der Waals surface area (Å²) >= 11 is 0. The number of hydrogen-bond donors (Lipinski definition) is 5. The third-order valence-electron chi connectivity index (χ3n) is 16.8. The van der Waals surface area contributed by atoms with Crippen LogP contribution in [0.1, 0.15) is 106 Å². The maximum atomic E-state index is 13.9. The second-order valence-corrected chi connectivity index (χ2v) is 39.7. The van der Waals surface area contributed by atoms with Crippen molar-refractivity contribution in [1.82, 2.24) is 19.1 Å². The molecule has 478 valence electrons. The molecule has 0 aliphatic carbocycles. The van der Waals surface area contributed by atoms with E-state index in [1.54, 1.807) is 0 Å². The van der Waals surface area contributed by atoms with Crippen LogP contribution >= 0.6 is 0 Å². The molecule has 6 aromatic rings. The molecule has 10 rings (SSSR count). The molecule has 6 bridgehead atoms. The van der Waals surface area contributed by atoms with Crippen LogP contribution in [0.4, 0.5) is 11.6 Å². The Morgan fingerprint density at radius 3 is 1.30 bits per heavy atom. The average molecular weight is 1320 g/mol. The molecule has 0 fully saturated rings. The number of amides is 2. The summed E-state index contributed by atoms with van der Waals surface area (Å²) in [6.07, 6.45) is 4.62. The lowest BCUT2D eigenvalue weighted by molar-refractivity contribution is -0.928. The van der Waals surface area contributed by atoms with Gasteiger partial charge in [-0.15, -0.1) is 0 Å². The molecule has 0 saturated heterocycles. The smallest absolute Gasteiger partial charge is 0.481 e. The number of aliphatic carboxylic acids is 1. The van der Waals surface area contributed by atoms with Crippen molar-refractivity contribution in [2.75, 3.05) is 50.8 Å². The van der Waals surface area contributed by atoms with Crippen molar-refractivity contribution in [3.8, 4) is 0 Å². The van der Waals surface area contributed by atoms with Gasteiger partial charge < -0.3 is 28.5 Å². The highest BCUT2D eigenvalue weighted by atomic mass is 32.2. The van der Waals surface area contributed by atoms with Crippen LogP contribution in [0, 0.1) is 0 Å². The van der Waals surface area contributed by atoms with Crippen molar-refractivity contribution in [3.05, 3.63) is 130 Å². The third kappa shape index (κ3) is 15.3. The summed E-state index contributed by atoms with van der Waals surface area (Å²) in [5.74, 6) is 0.688. The molecular weight excluding hydrogens is 1240 g/mol. The molecule has 0 radical (unpaired) electrons. The Balaban J connectivity index is 1.06. The standard InChI is InChI=1S/C62H79N11O12S2Si3/c1-6-7-36-73(38-21-40-86(78,79)80,39-22-41-87(81,82)83)37-18-32-53(75)64-35-20-43-89(4,5)85-90(84-88(2,3)42-19-34-63-52(74)31-16-17-33-54(76)77)71-59-48-27-12-13-28-49(48)61(71)69-57-46-25-10-11-26-47(46)58(66-57)70-62-51-30-15-14-29-50(51)60(72(62)90)68-56-45-24-9-8-23-44(45)55(65-56)67-59/h8-15,23-30H,6-7,16-22,31-43H2,1-5H3,(H4-,63,64,74,75,76,77,78,79,80,81,82,83)/p+1. The largest absolute Gasteiger partial charge is 0.582 e. The van der Waals surface area contributed by atoms with Gasteiger partial charge in [-0.2, -0.15) is 16.8 Å². The number of hydrogen-bond acceptors (Lipinski definition) is 15. The normalized spacial score (nSPS) is 16.1. The molecule has 4 aliphatic rings. The molecule has 2 amide bonds. The molecule has 5 N–H and O–H groups in total. The lowest BCUT2D eigenvalue weighted by atomic mass is 10.1. The van der Waals surface area contributed by atoms with Crippen LogP contribution in [0.25, 0.3) is 21.5 Å². The minimum atomic E-state index is -4.64. The zero-order chi connectivity index (χ0) is 64.1. The monoisotopic (exact) mass is 1320 g/mol. The number of carbonyl (C=O) groups is 3. The number of amidine groups is 4. The van der Waals surface area contributed by atoms with Gasteiger partial charge in [0.2, 0.25) is 11.8 Å². The third-order valence-corrected chi connectivity index (χ3v) is 30.1. The molecule has 90 heavy (non-hydrogen) atoms. The highest BCUT2D eigenvalue weighted by Crippen LogP contribution is 2.45. The van der Waals surface area contributed by atoms with E-state index in [-0.39, 0.29) is 43.9 Å². The highest BCUT2D eigenvalue weighted by Gasteiger charge is 2.58. The van der Waals surface area contributed by atoms with Gasteiger partial charge in [0, 0.05) is 95.4 Å². The van der Waals surface area contributed by atoms with Crippen LogP contribution in [0.15, 0.2) is 127 Å². The first kappa shape index (κ1) is 65.9. The number of aliphatic imine (C=N–C) groups is 4. The Bertz CT molecular complexity index is 4060. The first-order valence-electron chi connectivity index (χ1n) is 31.0. The Labute approximate surface area is 527 Å². The van der Waals surface area contributed by atoms with Crippen molar-refractivity contribution in [1.29, 1.82) is 0 Å². The van der Waals surface area contributed by atoms with Gasteiger partial charge in [-0.25, -0.2) is 30.0 Å². The van der Waals surface area contributed by atoms with E-state index in [1.807, 2.05) is 104 Å². The Morgan fingerprint density at radius 1 is 0.500 bits per heavy atom. The van der Waals surface area contributed by atoms with E-state index in [9.17, 15) is 40.3 Å². The number of nitrogens with zero attached hydrogens (tertiary/aromatic N) is 9. The van der Waals surface area contributed by atoms with E-state index >= 15 is 0 Å². The number of carboxylic acids is 1. The molecule has 0 saturated carbocycles. The predicted octanol–water partition coefficient (Wildman–Crippen LogP) is 8.43. The first-order chi connectivity index (χ1) is 42.9. The maximum absolute atomic E-state index is 13.9. The maximum Gasteiger partial charge on any atom is 0.582 e. The van der Waals surface area contributed by atoms with Gasteiger partial charge in [-0.1, -0.05) is 110 Å². The number of fused-ring (bicyclic) bond motifs is 14. The van der Waals surface area contributed by atoms with Crippen LogP contribution < -0.4 is 21.6 Å². The van der Waals surface area contributed by atoms with Crippen LogP contribution in [0.2, 0.25) is 38.3 Å². The van der Waals surface area contributed by atoms with Crippen molar-refractivity contribution >= 4 is 120 Å². The van der Waals surface area contributed by atoms with Crippen molar-refractivity contribution in [3.63, 3.8) is 0 Å². The molecule has 1 unspecified atom stereocenters. The SMILES string of the molecule is CCCC[N+](CCCC(=O)NCCC[Si](C)(C)O[Si]1(O[Si](C)(C)CCCNC(=O)CCCCC(=O)O)n2c3c4ccccc4c2N=C2N=C(N=c4c5ccccc5c(n41)=NC1=NC(=N3)c3ccccc31)c1ccccc12)(CCCS(=O)(=O)O)CCCS(=O)(=O)O. The van der Waals surface area contributed by atoms with Gasteiger partial charge in [0.05, 0.1) is 37.7 Å². The Kier molecular flexibility index (Phi) is 20.1. The number of carbonyl (C=O) groups excluding carboxylic acids is 2. The van der Waals surface area contributed by atoms with Crippen LogP contribution in [-0.4, -0.2) is 161 Å². The van der Waals surface area contributed by atoms with Crippen LogP contribution in [-0.2, 0) is 42.9 Å². The van der Waals surface area contributed by atoms with Gasteiger partial charge in [0.1, 0.15) is 22.6 Å². The Morgan fingerprint density at radius 2 is 0.878 bits per heavy atom. The fraction of sp³-hybridized carbons (Fsp3) is 0.435. The molecule has 28 heteroatoms. The van der Waals surface area contributed by atoms with Gasteiger partial charge >= 0.3 is 14.9 Å². The molecular formula is C62H80N11O12S2Si3+. The van der Waals surface area contributed by atoms with E-state index in [4.69, 9.17) is 43.3 Å². The van der Waals surface area contributed by atoms with E-state index in [0.29, 0.717) is 134 Å². The molecule has 23 nitrogen and oxygen atoms in total. The molecule has 2 aromatic heterocycles. The first-order valence-corrected chi connectivity index (χ1v) is 42.2. The highest BCUT2D eigenvalue weighted by molar-refractivity contribution is 7.86. The van der Waals surface area contributed by atoms with Gasteiger partial charge in [-0.3, -0.25) is 32.0 Å². The predicted molar refractivity (Wildman–Crippen MR) is 355 cm³/mol. The fourth-order valence-corrected chi connectivity index (χ4v) is 26.2. The van der Waals surface area contributed by atoms with E-state index < -0.39 is 63.2 Å². The number of quaternary nitrogens is 1. The summed E-state index contributed by atoms with van der Waals surface area (Å²) in [7, 11) is -19.4. The molecule has 4 aliphatic heterocycles. The number of rotatable bonds is 32. The van der Waals surface area contributed by atoms with Crippen LogP contribution in [0.5, 0.6) is 0 Å². The lowest BCUT2D eigenvalue weighted by Crippen LogP contribution is -2.70. The van der Waals surface area contributed by atoms with Crippen LogP contribution in [0.3, 0.4) is 0 Å². The second kappa shape index (κ2) is 27.4. The molecule has 1 atom stereocenters. The van der Waals surface area contributed by atoms with Crippen molar-refractivity contribution < 1.29 is 58.1 Å². The molecule has 0 spiro atoms. The number of nitrogens with one attached hydrogen (secondary N) is 2. The average Bonchev–Trinajstić information content (AvgIpc) is 1.51. The number of carboxylic acid groups (broad SMARTS) is 1. The minimum Gasteiger partial charge on any atom is -0.481 e. The minimum absolute atomic E-state index is 0.0000774.